The van der Waals surface area contributed by atoms with E-state index in [9.17, 15) is 4.79 Å². The summed E-state index contributed by atoms with van der Waals surface area (Å²) in [5, 5.41) is 0. The van der Waals surface area contributed by atoms with Crippen LogP contribution < -0.4 is 5.73 Å². The number of nitrogens with two attached hydrogens (primary N) is 1. The second kappa shape index (κ2) is 4.45. The minimum absolute atomic E-state index is 0.125. The van der Waals surface area contributed by atoms with Crippen LogP contribution in [0.3, 0.4) is 0 Å². The molecule has 0 spiro atoms. The lowest BCUT2D eigenvalue weighted by atomic mass is 10.1. The van der Waals surface area contributed by atoms with Gasteiger partial charge in [0, 0.05) is 17.7 Å². The van der Waals surface area contributed by atoms with Crippen LogP contribution in [0.1, 0.15) is 34.4 Å². The lowest BCUT2D eigenvalue weighted by Crippen LogP contribution is -2.01. The minimum atomic E-state index is -0.125. The van der Waals surface area contributed by atoms with Crippen molar-refractivity contribution < 1.29 is 9.21 Å². The third-order valence-electron chi connectivity index (χ3n) is 2.60. The fourth-order valence-electron chi connectivity index (χ4n) is 1.78. The van der Waals surface area contributed by atoms with E-state index in [2.05, 4.69) is 0 Å². The molecule has 0 saturated carbocycles. The van der Waals surface area contributed by atoms with Gasteiger partial charge in [0.15, 0.2) is 5.76 Å². The number of anilines is 1. The number of benzene rings is 1. The molecule has 0 atom stereocenters. The van der Waals surface area contributed by atoms with Gasteiger partial charge in [0.2, 0.25) is 5.78 Å². The zero-order valence-electron chi connectivity index (χ0n) is 9.99. The Balaban J connectivity index is 2.36. The Labute approximate surface area is 100 Å². The number of ketones is 1. The number of nitrogen functional groups attached to an aromatic ring is 1. The Hall–Kier alpha value is -2.03. The van der Waals surface area contributed by atoms with Crippen molar-refractivity contribution >= 4 is 11.5 Å². The van der Waals surface area contributed by atoms with Crippen LogP contribution in [0.5, 0.6) is 0 Å². The predicted molar refractivity (Wildman–Crippen MR) is 67.1 cm³/mol. The average Bonchev–Trinajstić information content (AvgIpc) is 2.75. The van der Waals surface area contributed by atoms with Crippen LogP contribution in [-0.2, 0) is 6.42 Å². The van der Waals surface area contributed by atoms with Gasteiger partial charge in [0.1, 0.15) is 5.76 Å². The minimum Gasteiger partial charge on any atom is -0.458 e. The number of hydrogen-bond acceptors (Lipinski definition) is 3. The molecule has 0 radical (unpaired) electrons. The first kappa shape index (κ1) is 11.5. The van der Waals surface area contributed by atoms with E-state index in [-0.39, 0.29) is 5.78 Å². The van der Waals surface area contributed by atoms with E-state index in [1.54, 1.807) is 12.1 Å². The third-order valence-corrected chi connectivity index (χ3v) is 2.60. The molecule has 2 rings (SSSR count). The molecular weight excluding hydrogens is 214 g/mol. The first-order valence-corrected chi connectivity index (χ1v) is 5.60. The van der Waals surface area contributed by atoms with Gasteiger partial charge in [-0.05, 0) is 42.8 Å². The van der Waals surface area contributed by atoms with Crippen molar-refractivity contribution in [2.75, 3.05) is 5.73 Å². The summed E-state index contributed by atoms with van der Waals surface area (Å²) in [5.74, 6) is 1.06. The van der Waals surface area contributed by atoms with E-state index >= 15 is 0 Å². The summed E-state index contributed by atoms with van der Waals surface area (Å²) < 4.78 is 5.44. The van der Waals surface area contributed by atoms with E-state index in [1.165, 1.54) is 0 Å². The summed E-state index contributed by atoms with van der Waals surface area (Å²) in [6.07, 6.45) is 0.781. The van der Waals surface area contributed by atoms with Crippen molar-refractivity contribution in [1.29, 1.82) is 0 Å². The Bertz CT molecular complexity index is 535. The smallest absolute Gasteiger partial charge is 0.228 e. The van der Waals surface area contributed by atoms with Gasteiger partial charge in [0.05, 0.1) is 0 Å². The third kappa shape index (κ3) is 2.38. The second-order valence-corrected chi connectivity index (χ2v) is 4.08. The van der Waals surface area contributed by atoms with Gasteiger partial charge < -0.3 is 10.2 Å². The van der Waals surface area contributed by atoms with E-state index in [0.717, 1.165) is 17.7 Å². The second-order valence-electron chi connectivity index (χ2n) is 4.08. The molecule has 0 aliphatic heterocycles. The van der Waals surface area contributed by atoms with Crippen LogP contribution in [0.4, 0.5) is 5.69 Å². The maximum absolute atomic E-state index is 12.1. The van der Waals surface area contributed by atoms with Gasteiger partial charge in [-0.3, -0.25) is 4.79 Å². The number of carbonyl (C=O) groups excluding carboxylic acids is 1. The molecule has 0 aliphatic rings. The molecule has 3 heteroatoms. The van der Waals surface area contributed by atoms with Crippen molar-refractivity contribution in [2.24, 2.45) is 0 Å². The Morgan fingerprint density at radius 3 is 2.65 bits per heavy atom. The molecule has 0 amide bonds. The number of carbonyl (C=O) groups is 1. The van der Waals surface area contributed by atoms with Gasteiger partial charge >= 0.3 is 0 Å². The SMILES string of the molecule is CCc1ccc(C(=O)c2cc(C)cc(N)c2)o1. The largest absolute Gasteiger partial charge is 0.458 e. The highest BCUT2D eigenvalue weighted by Gasteiger charge is 2.14. The normalized spacial score (nSPS) is 10.5. The summed E-state index contributed by atoms with van der Waals surface area (Å²) in [7, 11) is 0. The lowest BCUT2D eigenvalue weighted by molar-refractivity contribution is 0.101. The number of furan rings is 1. The van der Waals surface area contributed by atoms with Gasteiger partial charge in [0.25, 0.3) is 0 Å². The first-order valence-electron chi connectivity index (χ1n) is 5.60. The molecular formula is C14H15NO2. The van der Waals surface area contributed by atoms with Crippen LogP contribution >= 0.6 is 0 Å². The van der Waals surface area contributed by atoms with Crippen molar-refractivity contribution in [3.8, 4) is 0 Å². The van der Waals surface area contributed by atoms with Crippen LogP contribution in [0.2, 0.25) is 0 Å². The maximum Gasteiger partial charge on any atom is 0.228 e. The van der Waals surface area contributed by atoms with Crippen molar-refractivity contribution in [1.82, 2.24) is 0 Å². The first-order chi connectivity index (χ1) is 8.10. The van der Waals surface area contributed by atoms with Crippen LogP contribution in [0, 0.1) is 6.92 Å². The molecule has 2 N–H and O–H groups in total. The number of hydrogen-bond donors (Lipinski definition) is 1. The zero-order chi connectivity index (χ0) is 12.4. The Morgan fingerprint density at radius 1 is 1.29 bits per heavy atom. The molecule has 0 aliphatic carbocycles. The Morgan fingerprint density at radius 2 is 2.06 bits per heavy atom. The van der Waals surface area contributed by atoms with Crippen LogP contribution in [0.25, 0.3) is 0 Å². The van der Waals surface area contributed by atoms with E-state index < -0.39 is 0 Å². The van der Waals surface area contributed by atoms with Gasteiger partial charge in [-0.25, -0.2) is 0 Å². The number of aryl methyl sites for hydroxylation is 2. The van der Waals surface area contributed by atoms with E-state index in [0.29, 0.717) is 17.0 Å². The zero-order valence-corrected chi connectivity index (χ0v) is 9.99. The quantitative estimate of drug-likeness (QED) is 0.650. The summed E-state index contributed by atoms with van der Waals surface area (Å²) in [6, 6.07) is 8.85. The molecule has 1 heterocycles. The highest BCUT2D eigenvalue weighted by molar-refractivity contribution is 6.07. The molecule has 88 valence electrons. The maximum atomic E-state index is 12.1. The van der Waals surface area contributed by atoms with Crippen LogP contribution in [0.15, 0.2) is 34.7 Å². The fourth-order valence-corrected chi connectivity index (χ4v) is 1.78. The van der Waals surface area contributed by atoms with Crippen molar-refractivity contribution in [2.45, 2.75) is 20.3 Å². The highest BCUT2D eigenvalue weighted by atomic mass is 16.3. The fraction of sp³-hybridized carbons (Fsp3) is 0.214. The van der Waals surface area contributed by atoms with Crippen molar-refractivity contribution in [3.63, 3.8) is 0 Å². The van der Waals surface area contributed by atoms with Gasteiger partial charge in [-0.1, -0.05) is 6.92 Å². The highest BCUT2D eigenvalue weighted by Crippen LogP contribution is 2.17. The number of rotatable bonds is 3. The molecule has 0 unspecified atom stereocenters. The van der Waals surface area contributed by atoms with Gasteiger partial charge in [-0.2, -0.15) is 0 Å². The Kier molecular flexibility index (Phi) is 3.00. The molecule has 0 bridgehead atoms. The topological polar surface area (TPSA) is 56.2 Å². The standard InChI is InChI=1S/C14H15NO2/c1-3-12-4-5-13(17-12)14(16)10-6-9(2)7-11(15)8-10/h4-8H,3,15H2,1-2H3. The van der Waals surface area contributed by atoms with Crippen LogP contribution in [-0.4, -0.2) is 5.78 Å². The van der Waals surface area contributed by atoms with Crippen molar-refractivity contribution in [3.05, 3.63) is 53.0 Å². The predicted octanol–water partition coefficient (Wildman–Crippen LogP) is 2.96. The monoisotopic (exact) mass is 229 g/mol. The summed E-state index contributed by atoms with van der Waals surface area (Å²) in [5.41, 5.74) is 7.85. The van der Waals surface area contributed by atoms with E-state index in [4.69, 9.17) is 10.2 Å². The molecule has 1 aromatic carbocycles. The molecule has 3 nitrogen and oxygen atoms in total. The van der Waals surface area contributed by atoms with E-state index in [1.807, 2.05) is 32.0 Å². The molecule has 0 saturated heterocycles. The lowest BCUT2D eigenvalue weighted by Gasteiger charge is -2.02. The summed E-state index contributed by atoms with van der Waals surface area (Å²) in [6.45, 7) is 3.89. The molecule has 1 aromatic heterocycles. The average molecular weight is 229 g/mol. The van der Waals surface area contributed by atoms with Gasteiger partial charge in [-0.15, -0.1) is 0 Å². The molecule has 17 heavy (non-hydrogen) atoms. The summed E-state index contributed by atoms with van der Waals surface area (Å²) >= 11 is 0. The summed E-state index contributed by atoms with van der Waals surface area (Å²) in [4.78, 5) is 12.1. The molecule has 0 fully saturated rings. The molecule has 2 aromatic rings.